The first-order valence-corrected chi connectivity index (χ1v) is 8.70. The molecule has 0 saturated carbocycles. The maximum Gasteiger partial charge on any atom is 0.230 e. The van der Waals surface area contributed by atoms with Crippen LogP contribution in [0.1, 0.15) is 24.6 Å². The molecule has 124 valence electrons. The zero-order chi connectivity index (χ0) is 16.9. The number of hydrogen-bond donors (Lipinski definition) is 2. The number of benzene rings is 1. The van der Waals surface area contributed by atoms with Crippen LogP contribution in [-0.4, -0.2) is 21.6 Å². The zero-order valence-electron chi connectivity index (χ0n) is 13.2. The summed E-state index contributed by atoms with van der Waals surface area (Å²) in [5, 5.41) is 3.73. The molecular formula is C17H18N4O2S. The quantitative estimate of drug-likeness (QED) is 0.715. The fourth-order valence-corrected chi connectivity index (χ4v) is 3.03. The van der Waals surface area contributed by atoms with Crippen molar-refractivity contribution in [1.82, 2.24) is 15.3 Å². The number of nitrogens with two attached hydrogens (primary N) is 1. The largest absolute Gasteiger partial charge is 0.467 e. The Labute approximate surface area is 143 Å². The van der Waals surface area contributed by atoms with E-state index in [9.17, 15) is 4.79 Å². The SMILES string of the molecule is CC(NC(=O)CSCc1nc(N)c2ccccc2n1)c1ccco1. The minimum atomic E-state index is -0.152. The highest BCUT2D eigenvalue weighted by molar-refractivity contribution is 7.99. The van der Waals surface area contributed by atoms with E-state index in [4.69, 9.17) is 10.2 Å². The Balaban J connectivity index is 1.53. The molecule has 0 spiro atoms. The molecule has 3 N–H and O–H groups in total. The highest BCUT2D eigenvalue weighted by Gasteiger charge is 2.12. The van der Waals surface area contributed by atoms with E-state index < -0.39 is 0 Å². The third-order valence-electron chi connectivity index (χ3n) is 3.49. The van der Waals surface area contributed by atoms with E-state index in [2.05, 4.69) is 15.3 Å². The van der Waals surface area contributed by atoms with Crippen LogP contribution in [0.5, 0.6) is 0 Å². The van der Waals surface area contributed by atoms with Crippen molar-refractivity contribution in [3.05, 3.63) is 54.2 Å². The Kier molecular flexibility index (Phi) is 5.00. The second kappa shape index (κ2) is 7.35. The third-order valence-corrected chi connectivity index (χ3v) is 4.42. The highest BCUT2D eigenvalue weighted by atomic mass is 32.2. The van der Waals surface area contributed by atoms with Gasteiger partial charge >= 0.3 is 0 Å². The second-order valence-electron chi connectivity index (χ2n) is 5.34. The van der Waals surface area contributed by atoms with Crippen molar-refractivity contribution in [3.63, 3.8) is 0 Å². The molecule has 7 heteroatoms. The van der Waals surface area contributed by atoms with Gasteiger partial charge in [-0.3, -0.25) is 4.79 Å². The van der Waals surface area contributed by atoms with E-state index in [1.807, 2.05) is 37.3 Å². The van der Waals surface area contributed by atoms with Crippen molar-refractivity contribution in [1.29, 1.82) is 0 Å². The highest BCUT2D eigenvalue weighted by Crippen LogP contribution is 2.19. The molecule has 0 saturated heterocycles. The summed E-state index contributed by atoms with van der Waals surface area (Å²) in [6.07, 6.45) is 1.59. The average molecular weight is 342 g/mol. The van der Waals surface area contributed by atoms with Gasteiger partial charge in [-0.1, -0.05) is 12.1 Å². The van der Waals surface area contributed by atoms with Crippen LogP contribution < -0.4 is 11.1 Å². The van der Waals surface area contributed by atoms with Crippen molar-refractivity contribution < 1.29 is 9.21 Å². The molecule has 2 aromatic heterocycles. The van der Waals surface area contributed by atoms with Gasteiger partial charge in [-0.25, -0.2) is 9.97 Å². The van der Waals surface area contributed by atoms with Crippen LogP contribution in [-0.2, 0) is 10.5 Å². The first-order valence-electron chi connectivity index (χ1n) is 7.55. The molecule has 1 amide bonds. The number of para-hydroxylation sites is 1. The standard InChI is InChI=1S/C17H18N4O2S/c1-11(14-7-4-8-23-14)19-16(22)10-24-9-15-20-13-6-3-2-5-12(13)17(18)21-15/h2-8,11H,9-10H2,1H3,(H,19,22)(H2,18,20,21). The number of rotatable bonds is 6. The summed E-state index contributed by atoms with van der Waals surface area (Å²) < 4.78 is 5.27. The molecule has 1 atom stereocenters. The van der Waals surface area contributed by atoms with E-state index in [0.717, 1.165) is 16.7 Å². The molecule has 0 aliphatic carbocycles. The second-order valence-corrected chi connectivity index (χ2v) is 6.33. The summed E-state index contributed by atoms with van der Waals surface area (Å²) in [4.78, 5) is 20.8. The number of carbonyl (C=O) groups is 1. The summed E-state index contributed by atoms with van der Waals surface area (Å²) >= 11 is 1.45. The minimum absolute atomic E-state index is 0.0577. The van der Waals surface area contributed by atoms with Crippen molar-refractivity contribution in [2.75, 3.05) is 11.5 Å². The van der Waals surface area contributed by atoms with Gasteiger partial charge in [-0.2, -0.15) is 0 Å². The van der Waals surface area contributed by atoms with Crippen LogP contribution in [0.4, 0.5) is 5.82 Å². The fourth-order valence-electron chi connectivity index (χ4n) is 2.34. The average Bonchev–Trinajstić information content (AvgIpc) is 3.09. The number of amides is 1. The maximum atomic E-state index is 12.0. The summed E-state index contributed by atoms with van der Waals surface area (Å²) in [6, 6.07) is 11.1. The lowest BCUT2D eigenvalue weighted by Gasteiger charge is -2.11. The molecule has 1 unspecified atom stereocenters. The molecular weight excluding hydrogens is 324 g/mol. The van der Waals surface area contributed by atoms with Gasteiger partial charge in [0.1, 0.15) is 17.4 Å². The molecule has 0 fully saturated rings. The summed E-state index contributed by atoms with van der Waals surface area (Å²) in [7, 11) is 0. The van der Waals surface area contributed by atoms with Gasteiger partial charge in [-0.05, 0) is 31.2 Å². The maximum absolute atomic E-state index is 12.0. The van der Waals surface area contributed by atoms with Crippen LogP contribution in [0.15, 0.2) is 47.1 Å². The number of nitrogens with zero attached hydrogens (tertiary/aromatic N) is 2. The Morgan fingerprint density at radius 2 is 2.12 bits per heavy atom. The number of fused-ring (bicyclic) bond motifs is 1. The lowest BCUT2D eigenvalue weighted by atomic mass is 10.2. The number of thioether (sulfide) groups is 1. The fraction of sp³-hybridized carbons (Fsp3) is 0.235. The molecule has 0 aliphatic rings. The van der Waals surface area contributed by atoms with Crippen LogP contribution in [0.25, 0.3) is 10.9 Å². The van der Waals surface area contributed by atoms with Gasteiger partial charge in [0.2, 0.25) is 5.91 Å². The molecule has 0 aliphatic heterocycles. The van der Waals surface area contributed by atoms with Gasteiger partial charge in [-0.15, -0.1) is 11.8 Å². The molecule has 2 heterocycles. The van der Waals surface area contributed by atoms with Gasteiger partial charge in [0.05, 0.1) is 29.3 Å². The molecule has 3 aromatic rings. The third kappa shape index (κ3) is 3.86. The molecule has 1 aromatic carbocycles. The molecule has 3 rings (SSSR count). The van der Waals surface area contributed by atoms with Gasteiger partial charge in [0, 0.05) is 5.39 Å². The van der Waals surface area contributed by atoms with Crippen molar-refractivity contribution >= 4 is 34.4 Å². The summed E-state index contributed by atoms with van der Waals surface area (Å²) in [5.74, 6) is 2.62. The van der Waals surface area contributed by atoms with Crippen molar-refractivity contribution in [2.45, 2.75) is 18.7 Å². The first kappa shape index (κ1) is 16.3. The van der Waals surface area contributed by atoms with Crippen LogP contribution >= 0.6 is 11.8 Å². The Morgan fingerprint density at radius 1 is 1.29 bits per heavy atom. The number of aromatic nitrogens is 2. The predicted molar refractivity (Wildman–Crippen MR) is 95.4 cm³/mol. The number of nitrogens with one attached hydrogen (secondary N) is 1. The molecule has 24 heavy (non-hydrogen) atoms. The number of nitrogen functional groups attached to an aromatic ring is 1. The molecule has 0 radical (unpaired) electrons. The van der Waals surface area contributed by atoms with E-state index in [-0.39, 0.29) is 11.9 Å². The van der Waals surface area contributed by atoms with E-state index in [1.54, 1.807) is 12.3 Å². The normalized spacial score (nSPS) is 12.2. The predicted octanol–water partition coefficient (Wildman–Crippen LogP) is 2.92. The Bertz CT molecular complexity index is 836. The van der Waals surface area contributed by atoms with Crippen molar-refractivity contribution in [3.8, 4) is 0 Å². The van der Waals surface area contributed by atoms with Gasteiger partial charge in [0.25, 0.3) is 0 Å². The van der Waals surface area contributed by atoms with Gasteiger partial charge < -0.3 is 15.5 Å². The van der Waals surface area contributed by atoms with E-state index in [0.29, 0.717) is 23.1 Å². The summed E-state index contributed by atoms with van der Waals surface area (Å²) in [6.45, 7) is 1.88. The van der Waals surface area contributed by atoms with Crippen LogP contribution in [0, 0.1) is 0 Å². The Hall–Kier alpha value is -2.54. The van der Waals surface area contributed by atoms with E-state index in [1.165, 1.54) is 11.8 Å². The number of carbonyl (C=O) groups excluding carboxylic acids is 1. The number of anilines is 1. The smallest absolute Gasteiger partial charge is 0.230 e. The Morgan fingerprint density at radius 3 is 2.92 bits per heavy atom. The first-order chi connectivity index (χ1) is 11.6. The lowest BCUT2D eigenvalue weighted by molar-refractivity contribution is -0.119. The van der Waals surface area contributed by atoms with Crippen LogP contribution in [0.3, 0.4) is 0 Å². The number of furan rings is 1. The minimum Gasteiger partial charge on any atom is -0.467 e. The topological polar surface area (TPSA) is 94.0 Å². The number of hydrogen-bond acceptors (Lipinski definition) is 6. The summed E-state index contributed by atoms with van der Waals surface area (Å²) in [5.41, 5.74) is 6.77. The lowest BCUT2D eigenvalue weighted by Crippen LogP contribution is -2.28. The van der Waals surface area contributed by atoms with Gasteiger partial charge in [0.15, 0.2) is 0 Å². The molecule has 6 nitrogen and oxygen atoms in total. The zero-order valence-corrected chi connectivity index (χ0v) is 14.0. The van der Waals surface area contributed by atoms with Crippen LogP contribution in [0.2, 0.25) is 0 Å². The van der Waals surface area contributed by atoms with E-state index >= 15 is 0 Å². The monoisotopic (exact) mass is 342 g/mol. The van der Waals surface area contributed by atoms with Crippen molar-refractivity contribution in [2.24, 2.45) is 0 Å². The molecule has 0 bridgehead atoms.